The molecule has 3 rings (SSSR count). The molecular weight excluding hydrogens is 396 g/mol. The van der Waals surface area contributed by atoms with Gasteiger partial charge < -0.3 is 9.30 Å². The summed E-state index contributed by atoms with van der Waals surface area (Å²) in [7, 11) is 3.55. The third kappa shape index (κ3) is 5.29. The van der Waals surface area contributed by atoms with Gasteiger partial charge in [-0.2, -0.15) is 0 Å². The van der Waals surface area contributed by atoms with Crippen molar-refractivity contribution in [3.63, 3.8) is 0 Å². The lowest BCUT2D eigenvalue weighted by Crippen LogP contribution is -2.14. The highest BCUT2D eigenvalue weighted by atomic mass is 32.2. The van der Waals surface area contributed by atoms with Crippen LogP contribution in [-0.2, 0) is 24.7 Å². The predicted molar refractivity (Wildman–Crippen MR) is 110 cm³/mol. The zero-order valence-electron chi connectivity index (χ0n) is 16.0. The van der Waals surface area contributed by atoms with Crippen molar-refractivity contribution in [3.05, 3.63) is 40.7 Å². The number of ether oxygens (including phenoxy) is 1. The Morgan fingerprint density at radius 2 is 2.00 bits per heavy atom. The van der Waals surface area contributed by atoms with Crippen molar-refractivity contribution in [1.29, 1.82) is 0 Å². The lowest BCUT2D eigenvalue weighted by atomic mass is 10.1. The molecule has 0 aliphatic carbocycles. The third-order valence-corrected chi connectivity index (χ3v) is 5.87. The summed E-state index contributed by atoms with van der Waals surface area (Å²) >= 11 is 2.76. The number of carbonyl (C=O) groups excluding carboxylic acids is 1. The molecule has 3 aromatic rings. The molecule has 2 heterocycles. The molecule has 0 unspecified atom stereocenters. The summed E-state index contributed by atoms with van der Waals surface area (Å²) in [4.78, 5) is 12.2. The van der Waals surface area contributed by atoms with Crippen LogP contribution < -0.4 is 10.1 Å². The van der Waals surface area contributed by atoms with E-state index in [0.29, 0.717) is 16.7 Å². The average molecular weight is 419 g/mol. The maximum absolute atomic E-state index is 12.2. The van der Waals surface area contributed by atoms with Crippen LogP contribution in [0, 0.1) is 0 Å². The summed E-state index contributed by atoms with van der Waals surface area (Å²) < 4.78 is 7.08. The summed E-state index contributed by atoms with van der Waals surface area (Å²) in [5.41, 5.74) is 1.12. The van der Waals surface area contributed by atoms with Crippen molar-refractivity contribution < 1.29 is 9.53 Å². The summed E-state index contributed by atoms with van der Waals surface area (Å²) in [6, 6.07) is 7.85. The molecule has 0 saturated carbocycles. The second-order valence-electron chi connectivity index (χ2n) is 6.07. The highest BCUT2D eigenvalue weighted by molar-refractivity contribution is 7.99. The van der Waals surface area contributed by atoms with Gasteiger partial charge in [0, 0.05) is 19.9 Å². The Bertz CT molecular complexity index is 923. The summed E-state index contributed by atoms with van der Waals surface area (Å²) in [6.07, 6.45) is 2.53. The van der Waals surface area contributed by atoms with Crippen LogP contribution in [0.2, 0.25) is 0 Å². The topological polar surface area (TPSA) is 94.8 Å². The molecule has 10 heteroatoms. The zero-order chi connectivity index (χ0) is 19.9. The van der Waals surface area contributed by atoms with Crippen LogP contribution in [0.5, 0.6) is 5.75 Å². The van der Waals surface area contributed by atoms with E-state index in [4.69, 9.17) is 4.74 Å². The Kier molecular flexibility index (Phi) is 6.99. The van der Waals surface area contributed by atoms with Crippen LogP contribution in [0.4, 0.5) is 5.13 Å². The molecular formula is C18H22N6O2S2. The standard InChI is InChI=1S/C18H22N6O2S2/c1-4-5-16-21-22-17(28-16)19-15(25)11-27-18-23-20-14(24(18)2)10-12-6-8-13(26-3)9-7-12/h6-9H,4-5,10-11H2,1-3H3,(H,19,22,25). The number of hydrogen-bond acceptors (Lipinski definition) is 8. The van der Waals surface area contributed by atoms with E-state index in [1.54, 1.807) is 7.11 Å². The number of aromatic nitrogens is 5. The third-order valence-electron chi connectivity index (χ3n) is 3.96. The van der Waals surface area contributed by atoms with E-state index in [9.17, 15) is 4.79 Å². The molecule has 0 aliphatic heterocycles. The molecule has 0 spiro atoms. The minimum Gasteiger partial charge on any atom is -0.497 e. The molecule has 1 amide bonds. The van der Waals surface area contributed by atoms with E-state index < -0.39 is 0 Å². The fourth-order valence-electron chi connectivity index (χ4n) is 2.46. The van der Waals surface area contributed by atoms with Crippen LogP contribution in [-0.4, -0.2) is 43.7 Å². The quantitative estimate of drug-likeness (QED) is 0.534. The number of thioether (sulfide) groups is 1. The Balaban J connectivity index is 1.53. The largest absolute Gasteiger partial charge is 0.497 e. The Morgan fingerprint density at radius 1 is 1.21 bits per heavy atom. The van der Waals surface area contributed by atoms with Gasteiger partial charge in [-0.3, -0.25) is 10.1 Å². The molecule has 8 nitrogen and oxygen atoms in total. The SMILES string of the molecule is CCCc1nnc(NC(=O)CSc2nnc(Cc3ccc(OC)cc3)n2C)s1. The number of benzene rings is 1. The number of aryl methyl sites for hydroxylation is 1. The Labute approximate surface area is 171 Å². The van der Waals surface area contributed by atoms with Crippen molar-refractivity contribution in [2.75, 3.05) is 18.2 Å². The minimum absolute atomic E-state index is 0.135. The first kappa shape index (κ1) is 20.3. The van der Waals surface area contributed by atoms with Crippen LogP contribution in [0.25, 0.3) is 0 Å². The smallest absolute Gasteiger partial charge is 0.236 e. The Hall–Kier alpha value is -2.46. The number of carbonyl (C=O) groups is 1. The van der Waals surface area contributed by atoms with E-state index in [2.05, 4.69) is 32.6 Å². The highest BCUT2D eigenvalue weighted by Gasteiger charge is 2.13. The first-order valence-corrected chi connectivity index (χ1v) is 10.7. The number of rotatable bonds is 9. The molecule has 0 bridgehead atoms. The minimum atomic E-state index is -0.135. The molecule has 1 N–H and O–H groups in total. The zero-order valence-corrected chi connectivity index (χ0v) is 17.6. The normalized spacial score (nSPS) is 10.8. The van der Waals surface area contributed by atoms with Gasteiger partial charge in [0.05, 0.1) is 12.9 Å². The molecule has 0 aliphatic rings. The first-order valence-electron chi connectivity index (χ1n) is 8.85. The van der Waals surface area contributed by atoms with Crippen LogP contribution in [0.15, 0.2) is 29.4 Å². The summed E-state index contributed by atoms with van der Waals surface area (Å²) in [5.74, 6) is 1.75. The number of nitrogens with one attached hydrogen (secondary N) is 1. The Morgan fingerprint density at radius 3 is 2.71 bits per heavy atom. The van der Waals surface area contributed by atoms with E-state index in [0.717, 1.165) is 35.0 Å². The van der Waals surface area contributed by atoms with E-state index >= 15 is 0 Å². The van der Waals surface area contributed by atoms with Gasteiger partial charge in [0.15, 0.2) is 5.16 Å². The number of amides is 1. The molecule has 0 radical (unpaired) electrons. The molecule has 28 heavy (non-hydrogen) atoms. The van der Waals surface area contributed by atoms with Gasteiger partial charge in [-0.1, -0.05) is 42.2 Å². The van der Waals surface area contributed by atoms with Crippen molar-refractivity contribution in [2.24, 2.45) is 7.05 Å². The molecule has 2 aromatic heterocycles. The van der Waals surface area contributed by atoms with E-state index in [1.807, 2.05) is 35.9 Å². The van der Waals surface area contributed by atoms with Crippen molar-refractivity contribution in [2.45, 2.75) is 31.3 Å². The van der Waals surface area contributed by atoms with Crippen LogP contribution in [0.1, 0.15) is 29.7 Å². The van der Waals surface area contributed by atoms with Crippen LogP contribution >= 0.6 is 23.1 Å². The molecule has 1 aromatic carbocycles. The number of anilines is 1. The average Bonchev–Trinajstić information content (AvgIpc) is 3.28. The van der Waals surface area contributed by atoms with Gasteiger partial charge in [0.25, 0.3) is 0 Å². The van der Waals surface area contributed by atoms with Gasteiger partial charge >= 0.3 is 0 Å². The van der Waals surface area contributed by atoms with E-state index in [1.165, 1.54) is 23.1 Å². The van der Waals surface area contributed by atoms with Gasteiger partial charge in [-0.25, -0.2) is 0 Å². The maximum atomic E-state index is 12.2. The van der Waals surface area contributed by atoms with Gasteiger partial charge in [0.1, 0.15) is 16.6 Å². The lowest BCUT2D eigenvalue weighted by molar-refractivity contribution is -0.113. The van der Waals surface area contributed by atoms with Gasteiger partial charge in [-0.15, -0.1) is 20.4 Å². The maximum Gasteiger partial charge on any atom is 0.236 e. The molecule has 0 fully saturated rings. The highest BCUT2D eigenvalue weighted by Crippen LogP contribution is 2.20. The second kappa shape index (κ2) is 9.65. The second-order valence-corrected chi connectivity index (χ2v) is 8.08. The van der Waals surface area contributed by atoms with Gasteiger partial charge in [-0.05, 0) is 24.1 Å². The molecule has 0 saturated heterocycles. The number of methoxy groups -OCH3 is 1. The van der Waals surface area contributed by atoms with Crippen molar-refractivity contribution >= 4 is 34.1 Å². The first-order chi connectivity index (χ1) is 13.6. The van der Waals surface area contributed by atoms with Crippen LogP contribution in [0.3, 0.4) is 0 Å². The van der Waals surface area contributed by atoms with Crippen molar-refractivity contribution in [1.82, 2.24) is 25.0 Å². The molecule has 0 atom stereocenters. The van der Waals surface area contributed by atoms with E-state index in [-0.39, 0.29) is 11.7 Å². The summed E-state index contributed by atoms with van der Waals surface area (Å²) in [5, 5.41) is 21.4. The fraction of sp³-hybridized carbons (Fsp3) is 0.389. The lowest BCUT2D eigenvalue weighted by Gasteiger charge is -2.05. The monoisotopic (exact) mass is 418 g/mol. The van der Waals surface area contributed by atoms with Gasteiger partial charge in [0.2, 0.25) is 11.0 Å². The molecule has 148 valence electrons. The summed E-state index contributed by atoms with van der Waals surface area (Å²) in [6.45, 7) is 2.08. The predicted octanol–water partition coefficient (Wildman–Crippen LogP) is 2.95. The number of nitrogens with zero attached hydrogens (tertiary/aromatic N) is 5. The van der Waals surface area contributed by atoms with Crippen molar-refractivity contribution in [3.8, 4) is 5.75 Å². The fourth-order valence-corrected chi connectivity index (χ4v) is 4.04. The number of hydrogen-bond donors (Lipinski definition) is 1.